The number of thiazole rings is 1. The largest absolute Gasteiger partial charge is 0.497 e. The summed E-state index contributed by atoms with van der Waals surface area (Å²) in [7, 11) is 1.69. The normalized spacial score (nSPS) is 13.6. The molecular weight excluding hydrogens is 318 g/mol. The number of pyridine rings is 1. The minimum Gasteiger partial charge on any atom is -0.497 e. The van der Waals surface area contributed by atoms with Crippen molar-refractivity contribution >= 4 is 11.3 Å². The summed E-state index contributed by atoms with van der Waals surface area (Å²) in [6.45, 7) is 4.05. The van der Waals surface area contributed by atoms with Gasteiger partial charge in [-0.15, -0.1) is 11.3 Å². The fraction of sp³-hybridized carbons (Fsp3) is 0.263. The molecule has 4 nitrogen and oxygen atoms in total. The van der Waals surface area contributed by atoms with Crippen molar-refractivity contribution in [1.82, 2.24) is 15.3 Å². The highest BCUT2D eigenvalue weighted by molar-refractivity contribution is 7.15. The van der Waals surface area contributed by atoms with Crippen LogP contribution in [0.4, 0.5) is 0 Å². The summed E-state index contributed by atoms with van der Waals surface area (Å²) < 4.78 is 5.35. The number of rotatable bonds is 3. The SMILES string of the molecule is COc1cccc(-c2ccnc(-c3nc4c(s3)CNCC4)c2C)c1. The van der Waals surface area contributed by atoms with Crippen molar-refractivity contribution in [3.63, 3.8) is 0 Å². The standard InChI is InChI=1S/C19H19N3OS/c1-12-15(13-4-3-5-14(10-13)23-2)6-9-21-18(12)19-22-16-7-8-20-11-17(16)24-19/h3-6,9-10,20H,7-8,11H2,1-2H3. The highest BCUT2D eigenvalue weighted by Crippen LogP contribution is 2.35. The minimum atomic E-state index is 0.862. The molecule has 0 radical (unpaired) electrons. The second kappa shape index (κ2) is 6.34. The van der Waals surface area contributed by atoms with Crippen LogP contribution in [0, 0.1) is 6.92 Å². The average Bonchev–Trinajstić information content (AvgIpc) is 3.06. The summed E-state index contributed by atoms with van der Waals surface area (Å²) in [5.74, 6) is 0.862. The molecule has 0 atom stereocenters. The molecule has 3 heterocycles. The van der Waals surface area contributed by atoms with E-state index in [9.17, 15) is 0 Å². The molecule has 1 N–H and O–H groups in total. The van der Waals surface area contributed by atoms with Gasteiger partial charge in [0.15, 0.2) is 0 Å². The van der Waals surface area contributed by atoms with Crippen molar-refractivity contribution in [3.05, 3.63) is 52.7 Å². The lowest BCUT2D eigenvalue weighted by Gasteiger charge is -2.10. The second-order valence-corrected chi connectivity index (χ2v) is 6.96. The monoisotopic (exact) mass is 337 g/mol. The summed E-state index contributed by atoms with van der Waals surface area (Å²) in [5.41, 5.74) is 5.67. The van der Waals surface area contributed by atoms with Crippen molar-refractivity contribution in [2.75, 3.05) is 13.7 Å². The first kappa shape index (κ1) is 15.3. The second-order valence-electron chi connectivity index (χ2n) is 5.88. The Morgan fingerprint density at radius 2 is 2.17 bits per heavy atom. The molecule has 0 aliphatic carbocycles. The van der Waals surface area contributed by atoms with Gasteiger partial charge in [0.1, 0.15) is 16.5 Å². The lowest BCUT2D eigenvalue weighted by Crippen LogP contribution is -2.22. The third kappa shape index (κ3) is 2.70. The van der Waals surface area contributed by atoms with E-state index in [1.165, 1.54) is 16.1 Å². The van der Waals surface area contributed by atoms with E-state index in [1.807, 2.05) is 18.3 Å². The number of hydrogen-bond donors (Lipinski definition) is 1. The Morgan fingerprint density at radius 1 is 1.25 bits per heavy atom. The van der Waals surface area contributed by atoms with Crippen LogP contribution in [-0.4, -0.2) is 23.6 Å². The van der Waals surface area contributed by atoms with Crippen LogP contribution in [0.5, 0.6) is 5.75 Å². The van der Waals surface area contributed by atoms with Gasteiger partial charge in [0.2, 0.25) is 0 Å². The highest BCUT2D eigenvalue weighted by Gasteiger charge is 2.18. The van der Waals surface area contributed by atoms with Crippen LogP contribution >= 0.6 is 11.3 Å². The summed E-state index contributed by atoms with van der Waals surface area (Å²) >= 11 is 1.75. The average molecular weight is 337 g/mol. The van der Waals surface area contributed by atoms with Crippen LogP contribution in [0.3, 0.4) is 0 Å². The number of benzene rings is 1. The Balaban J connectivity index is 1.79. The van der Waals surface area contributed by atoms with Crippen LogP contribution in [-0.2, 0) is 13.0 Å². The Bertz CT molecular complexity index is 865. The van der Waals surface area contributed by atoms with Crippen LogP contribution < -0.4 is 10.1 Å². The zero-order valence-corrected chi connectivity index (χ0v) is 14.6. The fourth-order valence-corrected chi connectivity index (χ4v) is 4.21. The molecule has 0 spiro atoms. The molecule has 1 aromatic carbocycles. The van der Waals surface area contributed by atoms with E-state index in [4.69, 9.17) is 9.72 Å². The summed E-state index contributed by atoms with van der Waals surface area (Å²) in [6, 6.07) is 10.2. The maximum absolute atomic E-state index is 5.35. The zero-order chi connectivity index (χ0) is 16.5. The van der Waals surface area contributed by atoms with E-state index < -0.39 is 0 Å². The molecule has 1 aliphatic heterocycles. The van der Waals surface area contributed by atoms with Gasteiger partial charge >= 0.3 is 0 Å². The number of ether oxygens (including phenoxy) is 1. The number of methoxy groups -OCH3 is 1. The van der Waals surface area contributed by atoms with E-state index in [1.54, 1.807) is 18.4 Å². The number of hydrogen-bond acceptors (Lipinski definition) is 5. The van der Waals surface area contributed by atoms with E-state index in [2.05, 4.69) is 35.4 Å². The zero-order valence-electron chi connectivity index (χ0n) is 13.8. The molecule has 0 saturated carbocycles. The minimum absolute atomic E-state index is 0.862. The molecule has 2 aromatic heterocycles. The topological polar surface area (TPSA) is 47.0 Å². The molecule has 4 rings (SSSR count). The molecule has 5 heteroatoms. The Kier molecular flexibility index (Phi) is 4.04. The molecular formula is C19H19N3OS. The van der Waals surface area contributed by atoms with Crippen molar-refractivity contribution in [3.8, 4) is 27.6 Å². The predicted molar refractivity (Wildman–Crippen MR) is 97.5 cm³/mol. The maximum atomic E-state index is 5.35. The van der Waals surface area contributed by atoms with Crippen LogP contribution in [0.2, 0.25) is 0 Å². The summed E-state index contributed by atoms with van der Waals surface area (Å²) in [4.78, 5) is 10.8. The summed E-state index contributed by atoms with van der Waals surface area (Å²) in [6.07, 6.45) is 2.87. The Labute approximate surface area is 145 Å². The molecule has 0 bridgehead atoms. The molecule has 3 aromatic rings. The van der Waals surface area contributed by atoms with Gasteiger partial charge in [-0.3, -0.25) is 4.98 Å². The van der Waals surface area contributed by atoms with Crippen molar-refractivity contribution in [2.24, 2.45) is 0 Å². The fourth-order valence-electron chi connectivity index (χ4n) is 3.08. The van der Waals surface area contributed by atoms with E-state index >= 15 is 0 Å². The first-order valence-electron chi connectivity index (χ1n) is 8.06. The van der Waals surface area contributed by atoms with E-state index in [-0.39, 0.29) is 0 Å². The first-order chi connectivity index (χ1) is 11.8. The quantitative estimate of drug-likeness (QED) is 0.789. The van der Waals surface area contributed by atoms with Gasteiger partial charge in [-0.2, -0.15) is 0 Å². The van der Waals surface area contributed by atoms with Crippen molar-refractivity contribution in [2.45, 2.75) is 19.9 Å². The Morgan fingerprint density at radius 3 is 3.00 bits per heavy atom. The van der Waals surface area contributed by atoms with Crippen LogP contribution in [0.25, 0.3) is 21.8 Å². The van der Waals surface area contributed by atoms with Crippen LogP contribution in [0.15, 0.2) is 36.5 Å². The molecule has 122 valence electrons. The Hall–Kier alpha value is -2.24. The van der Waals surface area contributed by atoms with Gasteiger partial charge in [0.05, 0.1) is 12.8 Å². The molecule has 0 fully saturated rings. The van der Waals surface area contributed by atoms with E-state index in [0.717, 1.165) is 47.1 Å². The van der Waals surface area contributed by atoms with Gasteiger partial charge in [0.25, 0.3) is 0 Å². The number of fused-ring (bicyclic) bond motifs is 1. The third-order valence-electron chi connectivity index (χ3n) is 4.39. The van der Waals surface area contributed by atoms with Gasteiger partial charge in [-0.25, -0.2) is 4.98 Å². The predicted octanol–water partition coefficient (Wildman–Crippen LogP) is 3.83. The number of nitrogens with one attached hydrogen (secondary N) is 1. The maximum Gasteiger partial charge on any atom is 0.142 e. The molecule has 0 saturated heterocycles. The lowest BCUT2D eigenvalue weighted by atomic mass is 10.00. The van der Waals surface area contributed by atoms with Gasteiger partial charge in [-0.1, -0.05) is 12.1 Å². The molecule has 24 heavy (non-hydrogen) atoms. The van der Waals surface area contributed by atoms with E-state index in [0.29, 0.717) is 0 Å². The third-order valence-corrected chi connectivity index (χ3v) is 5.49. The molecule has 1 aliphatic rings. The van der Waals surface area contributed by atoms with Crippen molar-refractivity contribution in [1.29, 1.82) is 0 Å². The lowest BCUT2D eigenvalue weighted by molar-refractivity contribution is 0.415. The van der Waals surface area contributed by atoms with Gasteiger partial charge < -0.3 is 10.1 Å². The van der Waals surface area contributed by atoms with Gasteiger partial charge in [0, 0.05) is 30.6 Å². The number of nitrogens with zero attached hydrogens (tertiary/aromatic N) is 2. The smallest absolute Gasteiger partial charge is 0.142 e. The molecule has 0 unspecified atom stereocenters. The first-order valence-corrected chi connectivity index (χ1v) is 8.87. The van der Waals surface area contributed by atoms with Crippen molar-refractivity contribution < 1.29 is 4.74 Å². The van der Waals surface area contributed by atoms with Crippen LogP contribution in [0.1, 0.15) is 16.1 Å². The highest BCUT2D eigenvalue weighted by atomic mass is 32.1. The molecule has 0 amide bonds. The van der Waals surface area contributed by atoms with Gasteiger partial charge in [-0.05, 0) is 41.8 Å². The summed E-state index contributed by atoms with van der Waals surface area (Å²) in [5, 5.41) is 4.43. The number of aromatic nitrogens is 2.